The third-order valence-electron chi connectivity index (χ3n) is 7.87. The van der Waals surface area contributed by atoms with E-state index in [1.165, 1.54) is 0 Å². The van der Waals surface area contributed by atoms with Gasteiger partial charge in [-0.15, -0.1) is 0 Å². The Hall–Kier alpha value is -5.17. The lowest BCUT2D eigenvalue weighted by atomic mass is 9.98. The van der Waals surface area contributed by atoms with E-state index in [4.69, 9.17) is 4.74 Å². The van der Waals surface area contributed by atoms with E-state index in [1.54, 1.807) is 0 Å². The molecule has 0 heterocycles. The predicted octanol–water partition coefficient (Wildman–Crippen LogP) is 5.78. The molecular weight excluding hydrogens is 551 g/mol. The minimum absolute atomic E-state index is 0.0945. The van der Waals surface area contributed by atoms with Crippen LogP contribution in [0, 0.1) is 11.3 Å². The number of carbonyl (C=O) groups excluding carboxylic acids is 2. The van der Waals surface area contributed by atoms with E-state index in [-0.39, 0.29) is 24.4 Å². The Morgan fingerprint density at radius 2 is 1.07 bits per heavy atom. The van der Waals surface area contributed by atoms with E-state index in [2.05, 4.69) is 35.7 Å². The highest BCUT2D eigenvalue weighted by Crippen LogP contribution is 2.46. The summed E-state index contributed by atoms with van der Waals surface area (Å²) in [5, 5.41) is 16.0. The molecule has 0 fully saturated rings. The summed E-state index contributed by atoms with van der Waals surface area (Å²) < 4.78 is 5.66. The molecular formula is C37H29N2O3P. The molecule has 0 saturated carbocycles. The zero-order valence-electron chi connectivity index (χ0n) is 23.4. The van der Waals surface area contributed by atoms with E-state index in [0.29, 0.717) is 0 Å². The zero-order valence-corrected chi connectivity index (χ0v) is 24.3. The summed E-state index contributed by atoms with van der Waals surface area (Å²) in [5.41, 5.74) is 4.49. The van der Waals surface area contributed by atoms with Crippen LogP contribution in [-0.4, -0.2) is 30.3 Å². The van der Waals surface area contributed by atoms with Gasteiger partial charge in [-0.25, -0.2) is 4.79 Å². The van der Waals surface area contributed by atoms with Gasteiger partial charge in [-0.05, 0) is 45.1 Å². The number of Topliss-reactive ketones (excluding diaryl/α,β-unsaturated/α-hetero) is 1. The Labute approximate surface area is 251 Å². The van der Waals surface area contributed by atoms with Gasteiger partial charge in [0.2, 0.25) is 0 Å². The van der Waals surface area contributed by atoms with Gasteiger partial charge in [-0.3, -0.25) is 4.79 Å². The number of nitrogens with one attached hydrogen (secondary N) is 1. The molecule has 0 aromatic heterocycles. The van der Waals surface area contributed by atoms with Gasteiger partial charge in [0.1, 0.15) is 18.0 Å². The summed E-state index contributed by atoms with van der Waals surface area (Å²) in [6.45, 7) is -3.09. The van der Waals surface area contributed by atoms with Crippen molar-refractivity contribution in [3.05, 3.63) is 151 Å². The summed E-state index contributed by atoms with van der Waals surface area (Å²) in [7, 11) is 0. The Kier molecular flexibility index (Phi) is 8.05. The molecule has 6 heteroatoms. The lowest BCUT2D eigenvalue weighted by Crippen LogP contribution is -2.38. The van der Waals surface area contributed by atoms with Crippen molar-refractivity contribution >= 4 is 40.0 Å². The number of benzene rings is 5. The number of hydrogen-bond donors (Lipinski definition) is 1. The molecule has 0 spiro atoms. The van der Waals surface area contributed by atoms with Crippen LogP contribution in [0.5, 0.6) is 0 Å². The van der Waals surface area contributed by atoms with Crippen molar-refractivity contribution in [1.82, 2.24) is 5.32 Å². The highest BCUT2D eigenvalue weighted by molar-refractivity contribution is 7.97. The first-order valence-corrected chi connectivity index (χ1v) is 15.9. The first-order chi connectivity index (χ1) is 21.1. The van der Waals surface area contributed by atoms with E-state index < -0.39 is 18.8 Å². The molecule has 6 rings (SSSR count). The summed E-state index contributed by atoms with van der Waals surface area (Å²) in [4.78, 5) is 26.9. The van der Waals surface area contributed by atoms with Gasteiger partial charge < -0.3 is 10.1 Å². The molecule has 0 aliphatic heterocycles. The van der Waals surface area contributed by atoms with Gasteiger partial charge in [0.25, 0.3) is 0 Å². The third-order valence-corrected chi connectivity index (χ3v) is 12.1. The third kappa shape index (κ3) is 5.18. The van der Waals surface area contributed by atoms with Crippen LogP contribution in [0.1, 0.15) is 17.0 Å². The Bertz CT molecular complexity index is 1730. The molecule has 0 radical (unpaired) electrons. The van der Waals surface area contributed by atoms with Crippen molar-refractivity contribution in [2.45, 2.75) is 5.92 Å². The minimum Gasteiger partial charge on any atom is -0.449 e. The molecule has 0 bridgehead atoms. The Balaban J connectivity index is 1.30. The molecule has 1 N–H and O–H groups in total. The van der Waals surface area contributed by atoms with Gasteiger partial charge in [0.15, 0.2) is 5.78 Å². The quantitative estimate of drug-likeness (QED) is 0.236. The van der Waals surface area contributed by atoms with E-state index in [0.717, 1.165) is 38.2 Å². The fraction of sp³-hybridized carbons (Fsp3) is 0.0811. The Morgan fingerprint density at radius 3 is 1.51 bits per heavy atom. The maximum Gasteiger partial charge on any atom is 0.407 e. The maximum atomic E-state index is 13.9. The minimum atomic E-state index is -2.87. The van der Waals surface area contributed by atoms with Crippen LogP contribution in [0.25, 0.3) is 11.1 Å². The van der Waals surface area contributed by atoms with Crippen molar-refractivity contribution in [3.63, 3.8) is 0 Å². The number of nitriles is 1. The van der Waals surface area contributed by atoms with E-state index in [9.17, 15) is 14.9 Å². The first kappa shape index (κ1) is 28.0. The van der Waals surface area contributed by atoms with Gasteiger partial charge >= 0.3 is 6.09 Å². The zero-order chi connectivity index (χ0) is 29.6. The monoisotopic (exact) mass is 580 g/mol. The maximum absolute atomic E-state index is 13.9. The smallest absolute Gasteiger partial charge is 0.407 e. The number of rotatable bonds is 8. The second kappa shape index (κ2) is 12.4. The molecule has 1 aliphatic carbocycles. The molecule has 1 amide bonds. The molecule has 5 nitrogen and oxygen atoms in total. The summed E-state index contributed by atoms with van der Waals surface area (Å²) in [6, 6.07) is 47.6. The number of nitrogens with zero attached hydrogens (tertiary/aromatic N) is 1. The normalized spacial score (nSPS) is 12.0. The second-order valence-electron chi connectivity index (χ2n) is 10.2. The first-order valence-electron chi connectivity index (χ1n) is 14.1. The molecule has 1 aliphatic rings. The summed E-state index contributed by atoms with van der Waals surface area (Å²) >= 11 is 0. The SMILES string of the molecule is N#CC(C(=O)CNC(=O)OCC1c2ccccc2-c2ccccc21)=P(c1ccccc1)(c1ccccc1)c1ccccc1. The average molecular weight is 581 g/mol. The predicted molar refractivity (Wildman–Crippen MR) is 174 cm³/mol. The number of carbonyl (C=O) groups is 2. The van der Waals surface area contributed by atoms with Crippen LogP contribution < -0.4 is 21.2 Å². The van der Waals surface area contributed by atoms with Crippen LogP contribution >= 0.6 is 6.89 Å². The topological polar surface area (TPSA) is 79.2 Å². The highest BCUT2D eigenvalue weighted by atomic mass is 31.2. The van der Waals surface area contributed by atoms with Crippen LogP contribution in [0.15, 0.2) is 140 Å². The van der Waals surface area contributed by atoms with Crippen LogP contribution in [0.3, 0.4) is 0 Å². The summed E-state index contributed by atoms with van der Waals surface area (Å²) in [5.74, 6) is -0.538. The van der Waals surface area contributed by atoms with Crippen molar-refractivity contribution in [2.24, 2.45) is 0 Å². The lowest BCUT2D eigenvalue weighted by molar-refractivity contribution is -0.111. The van der Waals surface area contributed by atoms with Gasteiger partial charge in [-0.1, -0.05) is 140 Å². The molecule has 5 aromatic carbocycles. The number of ketones is 1. The van der Waals surface area contributed by atoms with Crippen molar-refractivity contribution < 1.29 is 14.3 Å². The standard InChI is InChI=1S/C37H29N2O3P/c38-24-36(43(27-14-4-1-5-15-27,28-16-6-2-7-17-28)29-18-8-3-9-19-29)35(40)25-39-37(41)42-26-34-32-22-12-10-20-30(32)31-21-11-13-23-33(31)34/h1-23,34H,25-26H2,(H,39,41). The van der Waals surface area contributed by atoms with Crippen LogP contribution in [-0.2, 0) is 9.53 Å². The highest BCUT2D eigenvalue weighted by Gasteiger charge is 2.34. The number of alkyl carbamates (subject to hydrolysis) is 1. The van der Waals surface area contributed by atoms with E-state index >= 15 is 0 Å². The van der Waals surface area contributed by atoms with E-state index in [1.807, 2.05) is 115 Å². The molecule has 5 aromatic rings. The molecule has 0 saturated heterocycles. The van der Waals surface area contributed by atoms with Crippen molar-refractivity contribution in [1.29, 1.82) is 5.26 Å². The van der Waals surface area contributed by atoms with Gasteiger partial charge in [-0.2, -0.15) is 5.26 Å². The summed E-state index contributed by atoms with van der Waals surface area (Å²) in [6.07, 6.45) is -0.699. The number of fused-ring (bicyclic) bond motifs is 3. The van der Waals surface area contributed by atoms with Gasteiger partial charge in [0.05, 0.1) is 6.54 Å². The largest absolute Gasteiger partial charge is 0.449 e. The van der Waals surface area contributed by atoms with Crippen molar-refractivity contribution in [3.8, 4) is 17.2 Å². The van der Waals surface area contributed by atoms with Gasteiger partial charge in [0, 0.05) is 5.92 Å². The fourth-order valence-electron chi connectivity index (χ4n) is 6.00. The number of ether oxygens (including phenoxy) is 1. The van der Waals surface area contributed by atoms with Crippen LogP contribution in [0.2, 0.25) is 0 Å². The molecule has 0 unspecified atom stereocenters. The second-order valence-corrected chi connectivity index (χ2v) is 13.6. The molecule has 210 valence electrons. The average Bonchev–Trinajstić information content (AvgIpc) is 3.40. The number of amides is 1. The van der Waals surface area contributed by atoms with Crippen molar-refractivity contribution in [2.75, 3.05) is 13.2 Å². The molecule has 43 heavy (non-hydrogen) atoms. The number of hydrogen-bond acceptors (Lipinski definition) is 4. The van der Waals surface area contributed by atoms with Crippen LogP contribution in [0.4, 0.5) is 4.79 Å². The Morgan fingerprint density at radius 1 is 0.651 bits per heavy atom. The fourth-order valence-corrected chi connectivity index (χ4v) is 10.1. The molecule has 0 atom stereocenters. The lowest BCUT2D eigenvalue weighted by Gasteiger charge is -2.30.